The lowest BCUT2D eigenvalue weighted by atomic mass is 10.2. The molecule has 0 spiro atoms. The summed E-state index contributed by atoms with van der Waals surface area (Å²) in [6.07, 6.45) is 1.36. The minimum absolute atomic E-state index is 0.0955. The Morgan fingerprint density at radius 1 is 1.46 bits per heavy atom. The van der Waals surface area contributed by atoms with Crippen molar-refractivity contribution in [3.8, 4) is 6.07 Å². The molecule has 0 aliphatic carbocycles. The van der Waals surface area contributed by atoms with Crippen LogP contribution in [0.25, 0.3) is 0 Å². The third-order valence-corrected chi connectivity index (χ3v) is 4.56. The molecular formula is C18H22N6OS. The van der Waals surface area contributed by atoms with E-state index in [9.17, 15) is 4.79 Å². The molecular weight excluding hydrogens is 348 g/mol. The van der Waals surface area contributed by atoms with Gasteiger partial charge in [0, 0.05) is 25.3 Å². The standard InChI is InChI=1S/C18H22N6OS/c1-3-24(15-6-4-5-13(2)9-15)8-7-21-16(25)12-26-18-22-11-14(10-19)17(20)23-18/h4-6,9,11H,3,7-8,12H2,1-2H3,(H,21,25)(H2,20,22,23). The summed E-state index contributed by atoms with van der Waals surface area (Å²) in [6, 6.07) is 10.2. The van der Waals surface area contributed by atoms with Crippen molar-refractivity contribution in [2.45, 2.75) is 19.0 Å². The molecule has 1 aromatic heterocycles. The van der Waals surface area contributed by atoms with E-state index in [1.54, 1.807) is 0 Å². The van der Waals surface area contributed by atoms with Crippen molar-refractivity contribution in [3.05, 3.63) is 41.6 Å². The number of thioether (sulfide) groups is 1. The van der Waals surface area contributed by atoms with Gasteiger partial charge in [-0.3, -0.25) is 4.79 Å². The average Bonchev–Trinajstić information content (AvgIpc) is 2.63. The second-order valence-electron chi connectivity index (χ2n) is 5.62. The number of aryl methyl sites for hydroxylation is 1. The molecule has 26 heavy (non-hydrogen) atoms. The molecule has 0 radical (unpaired) electrons. The zero-order valence-corrected chi connectivity index (χ0v) is 15.7. The third-order valence-electron chi connectivity index (χ3n) is 3.70. The Balaban J connectivity index is 1.78. The number of nitrogens with zero attached hydrogens (tertiary/aromatic N) is 4. The van der Waals surface area contributed by atoms with Crippen LogP contribution in [0, 0.1) is 18.3 Å². The first-order valence-corrected chi connectivity index (χ1v) is 9.25. The van der Waals surface area contributed by atoms with E-state index in [1.807, 2.05) is 12.1 Å². The Morgan fingerprint density at radius 3 is 2.92 bits per heavy atom. The van der Waals surface area contributed by atoms with Gasteiger partial charge in [-0.1, -0.05) is 23.9 Å². The van der Waals surface area contributed by atoms with Crippen molar-refractivity contribution in [1.82, 2.24) is 15.3 Å². The first kappa shape index (κ1) is 19.5. The molecule has 3 N–H and O–H groups in total. The first-order valence-electron chi connectivity index (χ1n) is 8.27. The number of nitrogen functional groups attached to an aromatic ring is 1. The Hall–Kier alpha value is -2.79. The minimum atomic E-state index is -0.0955. The van der Waals surface area contributed by atoms with Crippen LogP contribution in [-0.2, 0) is 4.79 Å². The number of hydrogen-bond donors (Lipinski definition) is 2. The molecule has 0 aliphatic heterocycles. The van der Waals surface area contributed by atoms with Gasteiger partial charge in [-0.25, -0.2) is 9.97 Å². The van der Waals surface area contributed by atoms with Crippen molar-refractivity contribution in [2.24, 2.45) is 0 Å². The highest BCUT2D eigenvalue weighted by atomic mass is 32.2. The minimum Gasteiger partial charge on any atom is -0.382 e. The van der Waals surface area contributed by atoms with E-state index in [4.69, 9.17) is 11.0 Å². The number of nitrogens with two attached hydrogens (primary N) is 1. The molecule has 1 heterocycles. The largest absolute Gasteiger partial charge is 0.382 e. The molecule has 0 fully saturated rings. The molecule has 0 unspecified atom stereocenters. The van der Waals surface area contributed by atoms with Crippen LogP contribution in [0.5, 0.6) is 0 Å². The normalized spacial score (nSPS) is 10.2. The zero-order valence-electron chi connectivity index (χ0n) is 14.9. The zero-order chi connectivity index (χ0) is 18.9. The van der Waals surface area contributed by atoms with Gasteiger partial charge in [0.2, 0.25) is 5.91 Å². The van der Waals surface area contributed by atoms with Crippen molar-refractivity contribution in [3.63, 3.8) is 0 Å². The second-order valence-corrected chi connectivity index (χ2v) is 6.56. The highest BCUT2D eigenvalue weighted by molar-refractivity contribution is 7.99. The van der Waals surface area contributed by atoms with Crippen LogP contribution < -0.4 is 16.0 Å². The van der Waals surface area contributed by atoms with Gasteiger partial charge in [-0.2, -0.15) is 5.26 Å². The number of amides is 1. The van der Waals surface area contributed by atoms with Gasteiger partial charge >= 0.3 is 0 Å². The SMILES string of the molecule is CCN(CCNC(=O)CSc1ncc(C#N)c(N)n1)c1cccc(C)c1. The number of hydrogen-bond acceptors (Lipinski definition) is 7. The monoisotopic (exact) mass is 370 g/mol. The van der Waals surface area contributed by atoms with E-state index in [-0.39, 0.29) is 23.0 Å². The number of nitrogens with one attached hydrogen (secondary N) is 1. The number of aromatic nitrogens is 2. The van der Waals surface area contributed by atoms with Gasteiger partial charge in [0.15, 0.2) is 5.16 Å². The van der Waals surface area contributed by atoms with E-state index in [0.717, 1.165) is 18.8 Å². The molecule has 8 heteroatoms. The lowest BCUT2D eigenvalue weighted by molar-refractivity contribution is -0.118. The van der Waals surface area contributed by atoms with Crippen LogP contribution in [0.2, 0.25) is 0 Å². The average molecular weight is 370 g/mol. The summed E-state index contributed by atoms with van der Waals surface area (Å²) < 4.78 is 0. The van der Waals surface area contributed by atoms with Gasteiger partial charge in [-0.15, -0.1) is 0 Å². The number of likely N-dealkylation sites (N-methyl/N-ethyl adjacent to an activating group) is 1. The maximum absolute atomic E-state index is 12.0. The number of anilines is 2. The van der Waals surface area contributed by atoms with Gasteiger partial charge < -0.3 is 16.0 Å². The quantitative estimate of drug-likeness (QED) is 0.540. The molecule has 0 bridgehead atoms. The molecule has 1 aromatic carbocycles. The predicted octanol–water partition coefficient (Wildman–Crippen LogP) is 1.97. The highest BCUT2D eigenvalue weighted by Crippen LogP contribution is 2.16. The lowest BCUT2D eigenvalue weighted by Gasteiger charge is -2.23. The van der Waals surface area contributed by atoms with Gasteiger partial charge in [-0.05, 0) is 31.5 Å². The van der Waals surface area contributed by atoms with E-state index in [2.05, 4.69) is 52.2 Å². The van der Waals surface area contributed by atoms with Crippen LogP contribution in [0.15, 0.2) is 35.6 Å². The molecule has 1 amide bonds. The Morgan fingerprint density at radius 2 is 2.27 bits per heavy atom. The summed E-state index contributed by atoms with van der Waals surface area (Å²) in [5, 5.41) is 12.1. The van der Waals surface area contributed by atoms with Crippen molar-refractivity contribution in [2.75, 3.05) is 36.0 Å². The van der Waals surface area contributed by atoms with Crippen LogP contribution in [0.1, 0.15) is 18.1 Å². The van der Waals surface area contributed by atoms with Gasteiger partial charge in [0.25, 0.3) is 0 Å². The molecule has 0 aliphatic rings. The van der Waals surface area contributed by atoms with E-state index in [0.29, 0.717) is 11.7 Å². The lowest BCUT2D eigenvalue weighted by Crippen LogP contribution is -2.35. The summed E-state index contributed by atoms with van der Waals surface area (Å²) in [5.41, 5.74) is 8.23. The summed E-state index contributed by atoms with van der Waals surface area (Å²) in [6.45, 7) is 6.31. The van der Waals surface area contributed by atoms with Crippen LogP contribution >= 0.6 is 11.8 Å². The Labute approximate surface area is 157 Å². The van der Waals surface area contributed by atoms with Gasteiger partial charge in [0.05, 0.1) is 11.9 Å². The predicted molar refractivity (Wildman–Crippen MR) is 104 cm³/mol. The van der Waals surface area contributed by atoms with Crippen LogP contribution in [0.3, 0.4) is 0 Å². The fourth-order valence-corrected chi connectivity index (χ4v) is 2.99. The van der Waals surface area contributed by atoms with E-state index >= 15 is 0 Å². The molecule has 2 rings (SSSR count). The molecule has 2 aromatic rings. The Kier molecular flexibility index (Phi) is 7.24. The molecule has 0 atom stereocenters. The Bertz CT molecular complexity index is 805. The number of carbonyl (C=O) groups is 1. The molecule has 7 nitrogen and oxygen atoms in total. The van der Waals surface area contributed by atoms with Gasteiger partial charge in [0.1, 0.15) is 17.5 Å². The maximum atomic E-state index is 12.0. The van der Waals surface area contributed by atoms with Crippen LogP contribution in [-0.4, -0.2) is 41.3 Å². The third kappa shape index (κ3) is 5.63. The molecule has 0 saturated heterocycles. The van der Waals surface area contributed by atoms with Crippen molar-refractivity contribution in [1.29, 1.82) is 5.26 Å². The summed E-state index contributed by atoms with van der Waals surface area (Å²) in [7, 11) is 0. The topological polar surface area (TPSA) is 108 Å². The van der Waals surface area contributed by atoms with E-state index in [1.165, 1.54) is 23.5 Å². The maximum Gasteiger partial charge on any atom is 0.230 e. The van der Waals surface area contributed by atoms with E-state index < -0.39 is 0 Å². The summed E-state index contributed by atoms with van der Waals surface area (Å²) in [4.78, 5) is 22.2. The summed E-state index contributed by atoms with van der Waals surface area (Å²) in [5.74, 6) is 0.228. The number of rotatable bonds is 8. The van der Waals surface area contributed by atoms with Crippen molar-refractivity contribution < 1.29 is 4.79 Å². The molecule has 136 valence electrons. The number of nitriles is 1. The number of benzene rings is 1. The number of carbonyl (C=O) groups excluding carboxylic acids is 1. The van der Waals surface area contributed by atoms with Crippen molar-refractivity contribution >= 4 is 29.2 Å². The fourth-order valence-electron chi connectivity index (χ4n) is 2.34. The fraction of sp³-hybridized carbons (Fsp3) is 0.333. The second kappa shape index (κ2) is 9.63. The smallest absolute Gasteiger partial charge is 0.230 e. The highest BCUT2D eigenvalue weighted by Gasteiger charge is 2.09. The summed E-state index contributed by atoms with van der Waals surface area (Å²) >= 11 is 1.19. The molecule has 0 saturated carbocycles. The van der Waals surface area contributed by atoms with Crippen LogP contribution in [0.4, 0.5) is 11.5 Å². The first-order chi connectivity index (χ1) is 12.5.